The minimum absolute atomic E-state index is 0.293. The summed E-state index contributed by atoms with van der Waals surface area (Å²) < 4.78 is 45.6. The Kier molecular flexibility index (Phi) is 4.73. The van der Waals surface area contributed by atoms with Crippen molar-refractivity contribution < 1.29 is 23.0 Å². The Morgan fingerprint density at radius 2 is 1.88 bits per heavy atom. The number of hydrogen-bond donors (Lipinski definition) is 1. The first kappa shape index (κ1) is 18.0. The standard InChI is InChI=1S/C19H17F3N2O2/c1-12(2)11-26-15-6-3-13(4-7-15)18-16(10-25)24-9-14(19(20,21)22)5-8-17(24)23-18/h3-9,25H,1,10-11H2,2H3. The number of aromatic nitrogens is 2. The van der Waals surface area contributed by atoms with Gasteiger partial charge in [0.15, 0.2) is 0 Å². The monoisotopic (exact) mass is 362 g/mol. The van der Waals surface area contributed by atoms with E-state index < -0.39 is 18.3 Å². The summed E-state index contributed by atoms with van der Waals surface area (Å²) in [5.41, 5.74) is 1.82. The molecule has 4 nitrogen and oxygen atoms in total. The quantitative estimate of drug-likeness (QED) is 0.682. The zero-order chi connectivity index (χ0) is 18.9. The van der Waals surface area contributed by atoms with Crippen LogP contribution in [0.1, 0.15) is 18.2 Å². The second-order valence-electron chi connectivity index (χ2n) is 5.98. The number of halogens is 3. The minimum atomic E-state index is -4.46. The average molecular weight is 362 g/mol. The predicted octanol–water partition coefficient (Wildman–Crippen LogP) is 4.47. The van der Waals surface area contributed by atoms with Gasteiger partial charge >= 0.3 is 6.18 Å². The van der Waals surface area contributed by atoms with Crippen molar-refractivity contribution in [3.8, 4) is 17.0 Å². The number of imidazole rings is 1. The average Bonchev–Trinajstić information content (AvgIpc) is 2.97. The molecule has 2 aromatic heterocycles. The van der Waals surface area contributed by atoms with Crippen molar-refractivity contribution in [2.45, 2.75) is 19.7 Å². The van der Waals surface area contributed by atoms with Crippen LogP contribution >= 0.6 is 0 Å². The normalized spacial score (nSPS) is 11.7. The van der Waals surface area contributed by atoms with Gasteiger partial charge in [-0.2, -0.15) is 13.2 Å². The first-order valence-electron chi connectivity index (χ1n) is 7.86. The summed E-state index contributed by atoms with van der Waals surface area (Å²) >= 11 is 0. The second kappa shape index (κ2) is 6.84. The van der Waals surface area contributed by atoms with Crippen molar-refractivity contribution in [2.24, 2.45) is 0 Å². The van der Waals surface area contributed by atoms with Crippen molar-refractivity contribution in [3.05, 3.63) is 66.0 Å². The number of benzene rings is 1. The van der Waals surface area contributed by atoms with E-state index in [0.29, 0.717) is 35.0 Å². The molecular weight excluding hydrogens is 345 g/mol. The molecule has 0 saturated carbocycles. The third-order valence-electron chi connectivity index (χ3n) is 3.81. The maximum Gasteiger partial charge on any atom is 0.417 e. The highest BCUT2D eigenvalue weighted by Gasteiger charge is 2.31. The summed E-state index contributed by atoms with van der Waals surface area (Å²) in [6.07, 6.45) is -3.52. The SMILES string of the molecule is C=C(C)COc1ccc(-c2nc3ccc(C(F)(F)F)cn3c2CO)cc1. The Morgan fingerprint density at radius 1 is 1.19 bits per heavy atom. The van der Waals surface area contributed by atoms with E-state index in [9.17, 15) is 18.3 Å². The Labute approximate surface area is 148 Å². The number of rotatable bonds is 5. The molecule has 0 aliphatic rings. The molecule has 0 spiro atoms. The Hall–Kier alpha value is -2.80. The van der Waals surface area contributed by atoms with Crippen LogP contribution in [0.3, 0.4) is 0 Å². The van der Waals surface area contributed by atoms with Crippen LogP contribution in [0.5, 0.6) is 5.75 Å². The van der Waals surface area contributed by atoms with Crippen molar-refractivity contribution in [2.75, 3.05) is 6.61 Å². The number of pyridine rings is 1. The van der Waals surface area contributed by atoms with Crippen LogP contribution in [0.4, 0.5) is 13.2 Å². The maximum absolute atomic E-state index is 12.9. The molecule has 0 amide bonds. The molecule has 0 radical (unpaired) electrons. The lowest BCUT2D eigenvalue weighted by atomic mass is 10.1. The van der Waals surface area contributed by atoms with Crippen molar-refractivity contribution in [1.29, 1.82) is 0 Å². The van der Waals surface area contributed by atoms with E-state index in [4.69, 9.17) is 4.74 Å². The van der Waals surface area contributed by atoms with Crippen LogP contribution in [0.2, 0.25) is 0 Å². The summed E-state index contributed by atoms with van der Waals surface area (Å²) in [5, 5.41) is 9.68. The zero-order valence-electron chi connectivity index (χ0n) is 14.0. The molecule has 0 aliphatic heterocycles. The van der Waals surface area contributed by atoms with Crippen LogP contribution in [0.25, 0.3) is 16.9 Å². The molecule has 0 fully saturated rings. The summed E-state index contributed by atoms with van der Waals surface area (Å²) in [6.45, 7) is 5.58. The van der Waals surface area contributed by atoms with Crippen LogP contribution in [0.15, 0.2) is 54.7 Å². The van der Waals surface area contributed by atoms with Gasteiger partial charge in [-0.3, -0.25) is 0 Å². The van der Waals surface area contributed by atoms with Crippen molar-refractivity contribution in [1.82, 2.24) is 9.38 Å². The van der Waals surface area contributed by atoms with Gasteiger partial charge in [0.05, 0.1) is 23.6 Å². The topological polar surface area (TPSA) is 46.8 Å². The van der Waals surface area contributed by atoms with E-state index in [2.05, 4.69) is 11.6 Å². The summed E-state index contributed by atoms with van der Waals surface area (Å²) in [4.78, 5) is 4.36. The summed E-state index contributed by atoms with van der Waals surface area (Å²) in [7, 11) is 0. The fraction of sp³-hybridized carbons (Fsp3) is 0.211. The molecule has 0 aliphatic carbocycles. The molecule has 3 rings (SSSR count). The lowest BCUT2D eigenvalue weighted by Crippen LogP contribution is -2.07. The third-order valence-corrected chi connectivity index (χ3v) is 3.81. The number of aliphatic hydroxyl groups is 1. The number of alkyl halides is 3. The van der Waals surface area contributed by atoms with E-state index in [1.165, 1.54) is 10.5 Å². The molecular formula is C19H17F3N2O2. The molecule has 2 heterocycles. The Morgan fingerprint density at radius 3 is 2.46 bits per heavy atom. The molecule has 1 aromatic carbocycles. The fourth-order valence-corrected chi connectivity index (χ4v) is 2.56. The number of fused-ring (bicyclic) bond motifs is 1. The van der Waals surface area contributed by atoms with Gasteiger partial charge in [0.1, 0.15) is 18.0 Å². The lowest BCUT2D eigenvalue weighted by molar-refractivity contribution is -0.137. The molecule has 0 saturated heterocycles. The summed E-state index contributed by atoms with van der Waals surface area (Å²) in [5.74, 6) is 0.644. The van der Waals surface area contributed by atoms with Crippen molar-refractivity contribution in [3.63, 3.8) is 0 Å². The van der Waals surface area contributed by atoms with Gasteiger partial charge in [0.2, 0.25) is 0 Å². The van der Waals surface area contributed by atoms with Crippen molar-refractivity contribution >= 4 is 5.65 Å². The summed E-state index contributed by atoms with van der Waals surface area (Å²) in [6, 6.07) is 9.24. The van der Waals surface area contributed by atoms with Crippen LogP contribution in [-0.2, 0) is 12.8 Å². The zero-order valence-corrected chi connectivity index (χ0v) is 14.0. The predicted molar refractivity (Wildman–Crippen MR) is 91.9 cm³/mol. The van der Waals surface area contributed by atoms with E-state index in [1.807, 2.05) is 6.92 Å². The Bertz CT molecular complexity index is 944. The minimum Gasteiger partial charge on any atom is -0.489 e. The highest BCUT2D eigenvalue weighted by atomic mass is 19.4. The van der Waals surface area contributed by atoms with Gasteiger partial charge in [-0.25, -0.2) is 4.98 Å². The lowest BCUT2D eigenvalue weighted by Gasteiger charge is -2.08. The highest BCUT2D eigenvalue weighted by molar-refractivity contribution is 5.67. The molecule has 3 aromatic rings. The fourth-order valence-electron chi connectivity index (χ4n) is 2.56. The smallest absolute Gasteiger partial charge is 0.417 e. The van der Waals surface area contributed by atoms with Gasteiger partial charge in [0.25, 0.3) is 0 Å². The molecule has 0 atom stereocenters. The van der Waals surface area contributed by atoms with Crippen LogP contribution < -0.4 is 4.74 Å². The first-order valence-corrected chi connectivity index (χ1v) is 7.86. The van der Waals surface area contributed by atoms with E-state index in [0.717, 1.165) is 17.8 Å². The van der Waals surface area contributed by atoms with E-state index in [1.54, 1.807) is 24.3 Å². The van der Waals surface area contributed by atoms with Crippen LogP contribution in [0, 0.1) is 0 Å². The van der Waals surface area contributed by atoms with Gasteiger partial charge in [-0.15, -0.1) is 0 Å². The molecule has 1 N–H and O–H groups in total. The second-order valence-corrected chi connectivity index (χ2v) is 5.98. The molecule has 136 valence electrons. The van der Waals surface area contributed by atoms with E-state index >= 15 is 0 Å². The first-order chi connectivity index (χ1) is 12.3. The highest BCUT2D eigenvalue weighted by Crippen LogP contribution is 2.32. The van der Waals surface area contributed by atoms with Gasteiger partial charge in [0, 0.05) is 11.8 Å². The molecule has 0 unspecified atom stereocenters. The number of ether oxygens (including phenoxy) is 1. The van der Waals surface area contributed by atoms with Gasteiger partial charge in [-0.05, 0) is 48.9 Å². The van der Waals surface area contributed by atoms with Gasteiger partial charge in [-0.1, -0.05) is 6.58 Å². The maximum atomic E-state index is 12.9. The number of hydrogen-bond acceptors (Lipinski definition) is 3. The van der Waals surface area contributed by atoms with E-state index in [-0.39, 0.29) is 0 Å². The third kappa shape index (κ3) is 3.57. The molecule has 26 heavy (non-hydrogen) atoms. The largest absolute Gasteiger partial charge is 0.489 e. The van der Waals surface area contributed by atoms with Crippen LogP contribution in [-0.4, -0.2) is 21.1 Å². The molecule has 7 heteroatoms. The Balaban J connectivity index is 2.00. The molecule has 0 bridgehead atoms. The van der Waals surface area contributed by atoms with Gasteiger partial charge < -0.3 is 14.2 Å². The number of aliphatic hydroxyl groups excluding tert-OH is 1. The number of nitrogens with zero attached hydrogens (tertiary/aromatic N) is 2.